The third-order valence-corrected chi connectivity index (χ3v) is 3.92. The van der Waals surface area contributed by atoms with Crippen LogP contribution in [0.2, 0.25) is 0 Å². The molecule has 6 heteroatoms. The first kappa shape index (κ1) is 16.5. The van der Waals surface area contributed by atoms with Gasteiger partial charge in [0.25, 0.3) is 0 Å². The third-order valence-electron chi connectivity index (χ3n) is 3.92. The normalized spacial score (nSPS) is 14.2. The van der Waals surface area contributed by atoms with Crippen LogP contribution in [0, 0.1) is 0 Å². The standard InChI is InChI=1S/C18H24N4O2/c1-18(2,3)24-17(23)21-16-14(13-10-20-22(4)11-13)6-5-12-9-19-8-7-15(12)16/h5-6,10-11,19H,7-9H2,1-4H3,(H,21,23). The molecule has 128 valence electrons. The number of nitrogens with one attached hydrogen (secondary N) is 2. The fraction of sp³-hybridized carbons (Fsp3) is 0.444. The summed E-state index contributed by atoms with van der Waals surface area (Å²) in [5.41, 5.74) is 4.62. The fourth-order valence-electron chi connectivity index (χ4n) is 2.93. The van der Waals surface area contributed by atoms with Crippen LogP contribution in [0.1, 0.15) is 31.9 Å². The van der Waals surface area contributed by atoms with Gasteiger partial charge in [-0.3, -0.25) is 10.00 Å². The monoisotopic (exact) mass is 328 g/mol. The fourth-order valence-corrected chi connectivity index (χ4v) is 2.93. The van der Waals surface area contributed by atoms with E-state index in [9.17, 15) is 4.79 Å². The maximum atomic E-state index is 12.3. The summed E-state index contributed by atoms with van der Waals surface area (Å²) in [6.07, 6.45) is 4.19. The number of fused-ring (bicyclic) bond motifs is 1. The third kappa shape index (κ3) is 3.59. The minimum absolute atomic E-state index is 0.431. The molecule has 3 rings (SSSR count). The van der Waals surface area contributed by atoms with Gasteiger partial charge in [-0.05, 0) is 44.9 Å². The molecule has 6 nitrogen and oxygen atoms in total. The average molecular weight is 328 g/mol. The molecule has 2 heterocycles. The largest absolute Gasteiger partial charge is 0.444 e. The van der Waals surface area contributed by atoms with E-state index in [-0.39, 0.29) is 0 Å². The van der Waals surface area contributed by atoms with Crippen LogP contribution >= 0.6 is 0 Å². The van der Waals surface area contributed by atoms with Crippen molar-refractivity contribution in [3.05, 3.63) is 35.7 Å². The van der Waals surface area contributed by atoms with Crippen molar-refractivity contribution >= 4 is 11.8 Å². The van der Waals surface area contributed by atoms with Gasteiger partial charge >= 0.3 is 6.09 Å². The van der Waals surface area contributed by atoms with Crippen molar-refractivity contribution in [3.63, 3.8) is 0 Å². The van der Waals surface area contributed by atoms with Gasteiger partial charge in [0.1, 0.15) is 5.60 Å². The Hall–Kier alpha value is -2.34. The van der Waals surface area contributed by atoms with Crippen molar-refractivity contribution in [1.82, 2.24) is 15.1 Å². The minimum Gasteiger partial charge on any atom is -0.444 e. The average Bonchev–Trinajstić information content (AvgIpc) is 2.92. The highest BCUT2D eigenvalue weighted by Gasteiger charge is 2.22. The molecule has 0 unspecified atom stereocenters. The molecule has 1 amide bonds. The number of amides is 1. The van der Waals surface area contributed by atoms with Crippen LogP contribution in [0.4, 0.5) is 10.5 Å². The van der Waals surface area contributed by atoms with Crippen molar-refractivity contribution in [2.75, 3.05) is 11.9 Å². The Bertz CT molecular complexity index is 759. The molecule has 0 radical (unpaired) electrons. The van der Waals surface area contributed by atoms with Crippen molar-refractivity contribution < 1.29 is 9.53 Å². The van der Waals surface area contributed by atoms with Gasteiger partial charge < -0.3 is 10.1 Å². The highest BCUT2D eigenvalue weighted by molar-refractivity contribution is 5.93. The Morgan fingerprint density at radius 2 is 2.17 bits per heavy atom. The quantitative estimate of drug-likeness (QED) is 0.889. The van der Waals surface area contributed by atoms with Gasteiger partial charge in [-0.1, -0.05) is 12.1 Å². The van der Waals surface area contributed by atoms with E-state index in [4.69, 9.17) is 4.74 Å². The van der Waals surface area contributed by atoms with Crippen molar-refractivity contribution in [2.45, 2.75) is 39.3 Å². The number of aryl methyl sites for hydroxylation is 1. The maximum absolute atomic E-state index is 12.3. The number of nitrogens with zero attached hydrogens (tertiary/aromatic N) is 2. The lowest BCUT2D eigenvalue weighted by molar-refractivity contribution is 0.0636. The first-order valence-corrected chi connectivity index (χ1v) is 8.18. The van der Waals surface area contributed by atoms with Crippen LogP contribution in [0.5, 0.6) is 0 Å². The molecule has 0 saturated heterocycles. The molecule has 1 aromatic carbocycles. The van der Waals surface area contributed by atoms with Crippen molar-refractivity contribution in [2.24, 2.45) is 7.05 Å². The summed E-state index contributed by atoms with van der Waals surface area (Å²) >= 11 is 0. The Morgan fingerprint density at radius 3 is 2.83 bits per heavy atom. The molecule has 2 aromatic rings. The van der Waals surface area contributed by atoms with Crippen LogP contribution in [0.3, 0.4) is 0 Å². The minimum atomic E-state index is -0.533. The second-order valence-electron chi connectivity index (χ2n) is 7.08. The van der Waals surface area contributed by atoms with E-state index in [0.717, 1.165) is 36.3 Å². The summed E-state index contributed by atoms with van der Waals surface area (Å²) in [7, 11) is 1.88. The summed E-state index contributed by atoms with van der Waals surface area (Å²) in [6, 6.07) is 4.15. The van der Waals surface area contributed by atoms with Crippen LogP contribution < -0.4 is 10.6 Å². The van der Waals surface area contributed by atoms with Gasteiger partial charge in [-0.2, -0.15) is 5.10 Å². The van der Waals surface area contributed by atoms with Crippen LogP contribution in [-0.4, -0.2) is 28.0 Å². The van der Waals surface area contributed by atoms with E-state index in [1.165, 1.54) is 11.1 Å². The first-order valence-electron chi connectivity index (χ1n) is 8.18. The number of rotatable bonds is 2. The molecule has 24 heavy (non-hydrogen) atoms. The highest BCUT2D eigenvalue weighted by atomic mass is 16.6. The van der Waals surface area contributed by atoms with Crippen molar-refractivity contribution in [1.29, 1.82) is 0 Å². The first-order chi connectivity index (χ1) is 11.3. The maximum Gasteiger partial charge on any atom is 0.412 e. The van der Waals surface area contributed by atoms with Gasteiger partial charge in [-0.15, -0.1) is 0 Å². The summed E-state index contributed by atoms with van der Waals surface area (Å²) in [5, 5.41) is 10.6. The highest BCUT2D eigenvalue weighted by Crippen LogP contribution is 2.34. The van der Waals surface area contributed by atoms with E-state index in [0.29, 0.717) is 0 Å². The second kappa shape index (κ2) is 6.28. The van der Waals surface area contributed by atoms with Crippen LogP contribution in [-0.2, 0) is 24.8 Å². The molecular weight excluding hydrogens is 304 g/mol. The molecule has 2 N–H and O–H groups in total. The lowest BCUT2D eigenvalue weighted by Crippen LogP contribution is -2.29. The zero-order chi connectivity index (χ0) is 17.3. The van der Waals surface area contributed by atoms with Gasteiger partial charge in [0.05, 0.1) is 11.9 Å². The van der Waals surface area contributed by atoms with E-state index in [1.54, 1.807) is 4.68 Å². The molecule has 0 aliphatic carbocycles. The van der Waals surface area contributed by atoms with E-state index in [2.05, 4.69) is 21.8 Å². The zero-order valence-electron chi connectivity index (χ0n) is 14.6. The van der Waals surface area contributed by atoms with E-state index in [1.807, 2.05) is 46.3 Å². The molecule has 0 bridgehead atoms. The zero-order valence-corrected chi connectivity index (χ0v) is 14.6. The van der Waals surface area contributed by atoms with E-state index >= 15 is 0 Å². The number of benzene rings is 1. The molecule has 1 aliphatic rings. The molecular formula is C18H24N4O2. The number of hydrogen-bond donors (Lipinski definition) is 2. The predicted molar refractivity (Wildman–Crippen MR) is 93.9 cm³/mol. The Kier molecular flexibility index (Phi) is 4.32. The van der Waals surface area contributed by atoms with Gasteiger partial charge in [0.15, 0.2) is 0 Å². The lowest BCUT2D eigenvalue weighted by Gasteiger charge is -2.25. The Balaban J connectivity index is 2.01. The number of anilines is 1. The second-order valence-corrected chi connectivity index (χ2v) is 7.08. The number of aromatic nitrogens is 2. The van der Waals surface area contributed by atoms with Gasteiger partial charge in [0.2, 0.25) is 0 Å². The van der Waals surface area contributed by atoms with Gasteiger partial charge in [-0.25, -0.2) is 4.79 Å². The molecule has 0 fully saturated rings. The summed E-state index contributed by atoms with van der Waals surface area (Å²) in [5.74, 6) is 0. The molecule has 0 atom stereocenters. The number of hydrogen-bond acceptors (Lipinski definition) is 4. The smallest absolute Gasteiger partial charge is 0.412 e. The molecule has 0 saturated carbocycles. The number of carbonyl (C=O) groups is 1. The summed E-state index contributed by atoms with van der Waals surface area (Å²) in [4.78, 5) is 12.3. The lowest BCUT2D eigenvalue weighted by atomic mass is 9.93. The molecule has 0 spiro atoms. The molecule has 1 aromatic heterocycles. The Morgan fingerprint density at radius 1 is 1.38 bits per heavy atom. The van der Waals surface area contributed by atoms with Crippen LogP contribution in [0.25, 0.3) is 11.1 Å². The predicted octanol–water partition coefficient (Wildman–Crippen LogP) is 3.08. The Labute approximate surface area is 142 Å². The summed E-state index contributed by atoms with van der Waals surface area (Å²) in [6.45, 7) is 7.29. The van der Waals surface area contributed by atoms with Crippen LogP contribution in [0.15, 0.2) is 24.5 Å². The summed E-state index contributed by atoms with van der Waals surface area (Å²) < 4.78 is 7.20. The van der Waals surface area contributed by atoms with Gasteiger partial charge in [0, 0.05) is 30.9 Å². The van der Waals surface area contributed by atoms with Crippen molar-refractivity contribution in [3.8, 4) is 11.1 Å². The number of ether oxygens (including phenoxy) is 1. The topological polar surface area (TPSA) is 68.2 Å². The SMILES string of the molecule is Cn1cc(-c2ccc3c(c2NC(=O)OC(C)(C)C)CCNC3)cn1. The van der Waals surface area contributed by atoms with E-state index < -0.39 is 11.7 Å². The number of carbonyl (C=O) groups excluding carboxylic acids is 1. The molecule has 1 aliphatic heterocycles.